The molecule has 20 heavy (non-hydrogen) atoms. The van der Waals surface area contributed by atoms with E-state index in [1.165, 1.54) is 6.20 Å². The van der Waals surface area contributed by atoms with E-state index in [1.807, 2.05) is 0 Å². The quantitative estimate of drug-likeness (QED) is 0.451. The molecule has 6 nitrogen and oxygen atoms in total. The molecule has 0 aliphatic carbocycles. The fourth-order valence-electron chi connectivity index (χ4n) is 1.80. The number of allylic oxidation sites excluding steroid dienone is 1. The van der Waals surface area contributed by atoms with Crippen LogP contribution in [0.15, 0.2) is 41.0 Å². The summed E-state index contributed by atoms with van der Waals surface area (Å²) in [7, 11) is 8.14. The molecule has 110 valence electrons. The molecule has 0 aromatic heterocycles. The van der Waals surface area contributed by atoms with Crippen molar-refractivity contribution >= 4 is 5.91 Å². The van der Waals surface area contributed by atoms with Crippen molar-refractivity contribution in [2.75, 3.05) is 41.3 Å². The van der Waals surface area contributed by atoms with Crippen LogP contribution in [0, 0.1) is 4.91 Å². The summed E-state index contributed by atoms with van der Waals surface area (Å²) >= 11 is 0. The van der Waals surface area contributed by atoms with Gasteiger partial charge in [0.05, 0.1) is 45.2 Å². The smallest absolute Gasteiger partial charge is 0.252 e. The Bertz CT molecular complexity index is 458. The van der Waals surface area contributed by atoms with Gasteiger partial charge in [0.1, 0.15) is 0 Å². The van der Waals surface area contributed by atoms with Crippen LogP contribution in [0.4, 0.5) is 0 Å². The van der Waals surface area contributed by atoms with Crippen LogP contribution in [-0.2, 0) is 4.79 Å². The van der Waals surface area contributed by atoms with Gasteiger partial charge < -0.3 is 14.7 Å². The lowest BCUT2D eigenvalue weighted by Gasteiger charge is -2.24. The van der Waals surface area contributed by atoms with Crippen LogP contribution in [0.2, 0.25) is 0 Å². The molecule has 0 bridgehead atoms. The second-order valence-electron chi connectivity index (χ2n) is 5.81. The van der Waals surface area contributed by atoms with Crippen molar-refractivity contribution in [1.29, 1.82) is 0 Å². The monoisotopic (exact) mass is 279 g/mol. The van der Waals surface area contributed by atoms with Crippen molar-refractivity contribution in [3.63, 3.8) is 0 Å². The molecule has 0 aromatic carbocycles. The Kier molecular flexibility index (Phi) is 5.64. The topological polar surface area (TPSA) is 61.8 Å². The molecule has 1 amide bonds. The first-order chi connectivity index (χ1) is 9.33. The lowest BCUT2D eigenvalue weighted by atomic mass is 10.1. The van der Waals surface area contributed by atoms with Crippen molar-refractivity contribution < 1.29 is 9.28 Å². The molecule has 1 N–H and O–H groups in total. The highest BCUT2D eigenvalue weighted by Crippen LogP contribution is 2.15. The molecular weight excluding hydrogens is 256 g/mol. The zero-order valence-electron chi connectivity index (χ0n) is 12.6. The summed E-state index contributed by atoms with van der Waals surface area (Å²) in [6, 6.07) is 0. The van der Waals surface area contributed by atoms with Crippen LogP contribution in [0.1, 0.15) is 6.42 Å². The van der Waals surface area contributed by atoms with Gasteiger partial charge in [0.2, 0.25) is 0 Å². The summed E-state index contributed by atoms with van der Waals surface area (Å²) in [5.41, 5.74) is 1.22. The van der Waals surface area contributed by atoms with Crippen molar-refractivity contribution in [3.05, 3.63) is 40.7 Å². The van der Waals surface area contributed by atoms with Crippen molar-refractivity contribution in [3.8, 4) is 0 Å². The summed E-state index contributed by atoms with van der Waals surface area (Å²) in [5.74, 6) is -0.104. The molecule has 0 atom stereocenters. The minimum Gasteiger partial charge on any atom is -0.352 e. The van der Waals surface area contributed by atoms with E-state index in [1.54, 1.807) is 30.3 Å². The van der Waals surface area contributed by atoms with Crippen molar-refractivity contribution in [2.45, 2.75) is 6.42 Å². The number of carbonyl (C=O) groups excluding carboxylic acids is 1. The second kappa shape index (κ2) is 7.00. The number of hydrogen-bond acceptors (Lipinski definition) is 4. The molecule has 0 spiro atoms. The van der Waals surface area contributed by atoms with Crippen LogP contribution in [0.3, 0.4) is 0 Å². The third-order valence-electron chi connectivity index (χ3n) is 2.91. The molecule has 0 saturated carbocycles. The van der Waals surface area contributed by atoms with E-state index in [0.717, 1.165) is 17.4 Å². The zero-order valence-corrected chi connectivity index (χ0v) is 12.6. The van der Waals surface area contributed by atoms with E-state index in [4.69, 9.17) is 0 Å². The van der Waals surface area contributed by atoms with E-state index in [2.05, 4.69) is 31.6 Å². The van der Waals surface area contributed by atoms with E-state index >= 15 is 0 Å². The summed E-state index contributed by atoms with van der Waals surface area (Å²) in [6.45, 7) is 1.66. The molecule has 6 heteroatoms. The van der Waals surface area contributed by atoms with Gasteiger partial charge >= 0.3 is 0 Å². The minimum atomic E-state index is -0.104. The molecule has 0 unspecified atom stereocenters. The predicted molar refractivity (Wildman–Crippen MR) is 79.4 cm³/mol. The van der Waals surface area contributed by atoms with E-state index in [-0.39, 0.29) is 5.91 Å². The normalized spacial score (nSPS) is 17.1. The van der Waals surface area contributed by atoms with Gasteiger partial charge in [-0.1, -0.05) is 0 Å². The minimum absolute atomic E-state index is 0.104. The molecular formula is C14H23N4O2+. The molecule has 0 radical (unpaired) electrons. The Labute approximate surface area is 120 Å². The number of nitroso groups, excluding NO2 is 1. The number of carbonyl (C=O) groups is 1. The van der Waals surface area contributed by atoms with E-state index in [0.29, 0.717) is 17.8 Å². The van der Waals surface area contributed by atoms with Gasteiger partial charge in [0.25, 0.3) is 5.91 Å². The van der Waals surface area contributed by atoms with Crippen molar-refractivity contribution in [2.24, 2.45) is 5.18 Å². The molecule has 1 rings (SSSR count). The molecule has 1 heterocycles. The van der Waals surface area contributed by atoms with Gasteiger partial charge in [-0.2, -0.15) is 0 Å². The SMILES string of the molecule is CN1C=C(C(=O)NCCC[N+](C)(C)C)C=C/C1=C\N=O. The Balaban J connectivity index is 2.46. The Hall–Kier alpha value is -1.95. The van der Waals surface area contributed by atoms with Gasteiger partial charge in [0, 0.05) is 26.2 Å². The highest BCUT2D eigenvalue weighted by molar-refractivity contribution is 5.96. The number of hydrogen-bond donors (Lipinski definition) is 1. The molecule has 1 aliphatic heterocycles. The maximum absolute atomic E-state index is 12.0. The number of nitrogens with one attached hydrogen (secondary N) is 1. The first kappa shape index (κ1) is 16.1. The van der Waals surface area contributed by atoms with Gasteiger partial charge in [-0.25, -0.2) is 0 Å². The van der Waals surface area contributed by atoms with Crippen LogP contribution in [0.25, 0.3) is 0 Å². The number of amides is 1. The maximum atomic E-state index is 12.0. The number of nitrogens with zero attached hydrogens (tertiary/aromatic N) is 3. The van der Waals surface area contributed by atoms with Gasteiger partial charge in [0.15, 0.2) is 0 Å². The number of quaternary nitrogens is 1. The number of likely N-dealkylation sites (N-methyl/N-ethyl adjacent to an activating group) is 1. The third-order valence-corrected chi connectivity index (χ3v) is 2.91. The van der Waals surface area contributed by atoms with E-state index < -0.39 is 0 Å². The molecule has 0 fully saturated rings. The summed E-state index contributed by atoms with van der Waals surface area (Å²) < 4.78 is 0.883. The largest absolute Gasteiger partial charge is 0.352 e. The van der Waals surface area contributed by atoms with Crippen LogP contribution >= 0.6 is 0 Å². The highest BCUT2D eigenvalue weighted by atomic mass is 16.2. The summed E-state index contributed by atoms with van der Waals surface area (Å²) in [5, 5.41) is 5.62. The molecule has 0 aromatic rings. The zero-order chi connectivity index (χ0) is 15.2. The Morgan fingerprint density at radius 3 is 2.65 bits per heavy atom. The van der Waals surface area contributed by atoms with Gasteiger partial charge in [-0.15, -0.1) is 4.91 Å². The highest BCUT2D eigenvalue weighted by Gasteiger charge is 2.13. The van der Waals surface area contributed by atoms with Crippen molar-refractivity contribution in [1.82, 2.24) is 10.2 Å². The average molecular weight is 279 g/mol. The average Bonchev–Trinajstić information content (AvgIpc) is 2.36. The standard InChI is InChI=1S/C14H22N4O2/c1-17-11-12(6-7-13(17)10-16-20)14(19)15-8-5-9-18(2,3)4/h6-7,10-11H,5,8-9H2,1-4H3/p+1/b13-10+. The van der Waals surface area contributed by atoms with Gasteiger partial charge in [-0.3, -0.25) is 4.79 Å². The van der Waals surface area contributed by atoms with Gasteiger partial charge in [-0.05, 0) is 17.3 Å². The maximum Gasteiger partial charge on any atom is 0.252 e. The summed E-state index contributed by atoms with van der Waals surface area (Å²) in [4.78, 5) is 23.9. The predicted octanol–water partition coefficient (Wildman–Crippen LogP) is 1.19. The van der Waals surface area contributed by atoms with Crippen LogP contribution in [0.5, 0.6) is 0 Å². The van der Waals surface area contributed by atoms with Crippen LogP contribution in [-0.4, -0.2) is 56.6 Å². The fraction of sp³-hybridized carbons (Fsp3) is 0.500. The fourth-order valence-corrected chi connectivity index (χ4v) is 1.80. The van der Waals surface area contributed by atoms with Crippen LogP contribution < -0.4 is 5.32 Å². The second-order valence-corrected chi connectivity index (χ2v) is 5.81. The number of rotatable bonds is 6. The Morgan fingerprint density at radius 1 is 1.40 bits per heavy atom. The molecule has 0 saturated heterocycles. The molecule has 1 aliphatic rings. The lowest BCUT2D eigenvalue weighted by molar-refractivity contribution is -0.870. The first-order valence-corrected chi connectivity index (χ1v) is 6.57. The van der Waals surface area contributed by atoms with E-state index in [9.17, 15) is 9.70 Å². The third kappa shape index (κ3) is 5.36. The first-order valence-electron chi connectivity index (χ1n) is 6.57. The lowest BCUT2D eigenvalue weighted by Crippen LogP contribution is -2.37. The summed E-state index contributed by atoms with van der Waals surface area (Å²) in [6.07, 6.45) is 7.21. The Morgan fingerprint density at radius 2 is 2.10 bits per heavy atom.